The summed E-state index contributed by atoms with van der Waals surface area (Å²) in [4.78, 5) is 24.6. The van der Waals surface area contributed by atoms with Crippen LogP contribution in [0.15, 0.2) is 59.1 Å². The largest absolute Gasteiger partial charge is 0.481 e. The molecule has 0 saturated heterocycles. The lowest BCUT2D eigenvalue weighted by Crippen LogP contribution is -2.38. The highest BCUT2D eigenvalue weighted by Gasteiger charge is 2.43. The predicted octanol–water partition coefficient (Wildman–Crippen LogP) is 4.78. The van der Waals surface area contributed by atoms with Gasteiger partial charge in [0.25, 0.3) is 0 Å². The third-order valence-electron chi connectivity index (χ3n) is 5.01. The van der Waals surface area contributed by atoms with Crippen LogP contribution in [-0.2, 0) is 20.9 Å². The highest BCUT2D eigenvalue weighted by atomic mass is 79.9. The van der Waals surface area contributed by atoms with E-state index in [0.29, 0.717) is 6.42 Å². The summed E-state index contributed by atoms with van der Waals surface area (Å²) in [6.45, 7) is 0.162. The fraction of sp³-hybridized carbons (Fsp3) is 0.333. The van der Waals surface area contributed by atoms with E-state index < -0.39 is 23.8 Å². The number of ether oxygens (including phenoxy) is 1. The zero-order valence-corrected chi connectivity index (χ0v) is 15.9. The Balaban J connectivity index is 1.82. The van der Waals surface area contributed by atoms with E-state index >= 15 is 0 Å². The van der Waals surface area contributed by atoms with E-state index in [1.165, 1.54) is 0 Å². The van der Waals surface area contributed by atoms with Gasteiger partial charge in [0.2, 0.25) is 0 Å². The van der Waals surface area contributed by atoms with Gasteiger partial charge in [-0.1, -0.05) is 64.8 Å². The van der Waals surface area contributed by atoms with Crippen molar-refractivity contribution in [1.82, 2.24) is 0 Å². The first-order valence-corrected chi connectivity index (χ1v) is 9.54. The van der Waals surface area contributed by atoms with Crippen LogP contribution in [0.3, 0.4) is 0 Å². The molecule has 0 amide bonds. The van der Waals surface area contributed by atoms with Crippen molar-refractivity contribution >= 4 is 27.9 Å². The molecule has 26 heavy (non-hydrogen) atoms. The molecule has 1 aliphatic carbocycles. The van der Waals surface area contributed by atoms with Crippen LogP contribution in [0.25, 0.3) is 0 Å². The smallest absolute Gasteiger partial charge is 0.310 e. The maximum Gasteiger partial charge on any atom is 0.310 e. The van der Waals surface area contributed by atoms with Crippen molar-refractivity contribution < 1.29 is 19.4 Å². The van der Waals surface area contributed by atoms with Crippen molar-refractivity contribution in [2.24, 2.45) is 11.8 Å². The van der Waals surface area contributed by atoms with Crippen molar-refractivity contribution in [3.05, 3.63) is 70.2 Å². The van der Waals surface area contributed by atoms with Gasteiger partial charge in [-0.15, -0.1) is 0 Å². The molecule has 0 spiro atoms. The van der Waals surface area contributed by atoms with E-state index in [2.05, 4.69) is 15.9 Å². The Labute approximate surface area is 161 Å². The van der Waals surface area contributed by atoms with Gasteiger partial charge in [-0.2, -0.15) is 0 Å². The summed E-state index contributed by atoms with van der Waals surface area (Å²) in [6, 6.07) is 17.2. The molecule has 1 aliphatic rings. The van der Waals surface area contributed by atoms with Crippen LogP contribution in [0.2, 0.25) is 0 Å². The predicted molar refractivity (Wildman–Crippen MR) is 102 cm³/mol. The first kappa shape index (κ1) is 18.6. The van der Waals surface area contributed by atoms with Crippen molar-refractivity contribution in [1.29, 1.82) is 0 Å². The fourth-order valence-electron chi connectivity index (χ4n) is 3.71. The third kappa shape index (κ3) is 4.33. The molecule has 0 heterocycles. The van der Waals surface area contributed by atoms with Crippen molar-refractivity contribution in [3.8, 4) is 0 Å². The molecule has 1 N–H and O–H groups in total. The monoisotopic (exact) mass is 416 g/mol. The summed E-state index contributed by atoms with van der Waals surface area (Å²) in [7, 11) is 0. The highest BCUT2D eigenvalue weighted by molar-refractivity contribution is 9.10. The molecule has 0 aromatic heterocycles. The molecule has 3 atom stereocenters. The lowest BCUT2D eigenvalue weighted by Gasteiger charge is -2.34. The number of benzene rings is 2. The third-order valence-corrected chi connectivity index (χ3v) is 5.54. The molecular weight excluding hydrogens is 396 g/mol. The molecule has 4 nitrogen and oxygen atoms in total. The summed E-state index contributed by atoms with van der Waals surface area (Å²) in [6.07, 6.45) is 2.09. The first-order valence-electron chi connectivity index (χ1n) is 8.75. The molecule has 0 unspecified atom stereocenters. The molecule has 0 bridgehead atoms. The Bertz CT molecular complexity index is 757. The van der Waals surface area contributed by atoms with Crippen LogP contribution in [0.4, 0.5) is 0 Å². The number of carbonyl (C=O) groups is 2. The lowest BCUT2D eigenvalue weighted by molar-refractivity contribution is -0.161. The van der Waals surface area contributed by atoms with Crippen LogP contribution >= 0.6 is 15.9 Å². The van der Waals surface area contributed by atoms with E-state index in [0.717, 1.165) is 28.4 Å². The molecule has 5 heteroatoms. The normalized spacial score (nSPS) is 22.6. The Morgan fingerprint density at radius 1 is 1.04 bits per heavy atom. The van der Waals surface area contributed by atoms with Crippen molar-refractivity contribution in [2.45, 2.75) is 31.8 Å². The molecule has 136 valence electrons. The average Bonchev–Trinajstić information content (AvgIpc) is 2.67. The van der Waals surface area contributed by atoms with Crippen LogP contribution < -0.4 is 0 Å². The van der Waals surface area contributed by atoms with Crippen LogP contribution in [-0.4, -0.2) is 17.0 Å². The molecule has 2 aromatic rings. The standard InChI is InChI=1S/C21H21BrO4/c22-16-11-9-15(10-12-16)17-7-4-8-18(20(23)24)19(17)21(25)26-13-14-5-2-1-3-6-14/h1-3,5-6,9-12,17-19H,4,7-8,13H2,(H,23,24)/t17-,18-,19-/m1/s1. The Hall–Kier alpha value is -2.14. The van der Waals surface area contributed by atoms with Crippen LogP contribution in [0.1, 0.15) is 36.3 Å². The highest BCUT2D eigenvalue weighted by Crippen LogP contribution is 2.42. The van der Waals surface area contributed by atoms with Gasteiger partial charge in [0, 0.05) is 4.47 Å². The SMILES string of the molecule is O=C(OCc1ccccc1)[C@@H]1[C@@H](c2ccc(Br)cc2)CCC[C@H]1C(=O)O. The number of carbonyl (C=O) groups excluding carboxylic acids is 1. The summed E-state index contributed by atoms with van der Waals surface area (Å²) in [5.41, 5.74) is 1.88. The second kappa shape index (κ2) is 8.49. The zero-order valence-electron chi connectivity index (χ0n) is 14.3. The van der Waals surface area contributed by atoms with E-state index in [4.69, 9.17) is 4.74 Å². The number of hydrogen-bond acceptors (Lipinski definition) is 3. The lowest BCUT2D eigenvalue weighted by atomic mass is 9.69. The Morgan fingerprint density at radius 2 is 1.73 bits per heavy atom. The minimum absolute atomic E-state index is 0.138. The maximum atomic E-state index is 12.8. The first-order chi connectivity index (χ1) is 12.6. The summed E-state index contributed by atoms with van der Waals surface area (Å²) in [5.74, 6) is -2.85. The van der Waals surface area contributed by atoms with E-state index in [-0.39, 0.29) is 12.5 Å². The molecular formula is C21H21BrO4. The van der Waals surface area contributed by atoms with Gasteiger partial charge in [-0.3, -0.25) is 9.59 Å². The second-order valence-corrected chi connectivity index (χ2v) is 7.57. The van der Waals surface area contributed by atoms with Gasteiger partial charge in [-0.05, 0) is 42.0 Å². The molecule has 3 rings (SSSR count). The van der Waals surface area contributed by atoms with Gasteiger partial charge >= 0.3 is 11.9 Å². The molecule has 1 saturated carbocycles. The number of halogens is 1. The summed E-state index contributed by atoms with van der Waals surface area (Å²) < 4.78 is 6.47. The summed E-state index contributed by atoms with van der Waals surface area (Å²) in [5, 5.41) is 9.64. The number of hydrogen-bond donors (Lipinski definition) is 1. The topological polar surface area (TPSA) is 63.6 Å². The zero-order chi connectivity index (χ0) is 18.5. The average molecular weight is 417 g/mol. The van der Waals surface area contributed by atoms with Gasteiger partial charge in [0.05, 0.1) is 11.8 Å². The van der Waals surface area contributed by atoms with E-state index in [1.807, 2.05) is 54.6 Å². The number of esters is 1. The second-order valence-electron chi connectivity index (χ2n) is 6.65. The molecule has 0 radical (unpaired) electrons. The summed E-state index contributed by atoms with van der Waals surface area (Å²) >= 11 is 3.41. The van der Waals surface area contributed by atoms with Gasteiger partial charge < -0.3 is 9.84 Å². The fourth-order valence-corrected chi connectivity index (χ4v) is 3.98. The quantitative estimate of drug-likeness (QED) is 0.712. The Morgan fingerprint density at radius 3 is 2.38 bits per heavy atom. The minimum Gasteiger partial charge on any atom is -0.481 e. The number of carboxylic acids is 1. The Kier molecular flexibility index (Phi) is 6.09. The number of rotatable bonds is 5. The number of carboxylic acid groups (broad SMARTS) is 1. The van der Waals surface area contributed by atoms with Gasteiger partial charge in [0.15, 0.2) is 0 Å². The van der Waals surface area contributed by atoms with Crippen LogP contribution in [0, 0.1) is 11.8 Å². The number of aliphatic carboxylic acids is 1. The van der Waals surface area contributed by atoms with Gasteiger partial charge in [-0.25, -0.2) is 0 Å². The minimum atomic E-state index is -0.923. The maximum absolute atomic E-state index is 12.8. The van der Waals surface area contributed by atoms with Crippen molar-refractivity contribution in [2.75, 3.05) is 0 Å². The molecule has 2 aromatic carbocycles. The van der Waals surface area contributed by atoms with Crippen LogP contribution in [0.5, 0.6) is 0 Å². The van der Waals surface area contributed by atoms with E-state index in [1.54, 1.807) is 0 Å². The molecule has 1 fully saturated rings. The molecule has 0 aliphatic heterocycles. The van der Waals surface area contributed by atoms with E-state index in [9.17, 15) is 14.7 Å². The van der Waals surface area contributed by atoms with Crippen molar-refractivity contribution in [3.63, 3.8) is 0 Å². The van der Waals surface area contributed by atoms with Gasteiger partial charge in [0.1, 0.15) is 6.61 Å².